The van der Waals surface area contributed by atoms with E-state index in [-0.39, 0.29) is 16.5 Å². The molecule has 1 aliphatic heterocycles. The van der Waals surface area contributed by atoms with Gasteiger partial charge in [-0.05, 0) is 24.6 Å². The minimum Gasteiger partial charge on any atom is -0.507 e. The Morgan fingerprint density at radius 2 is 1.86 bits per heavy atom. The fourth-order valence-corrected chi connectivity index (χ4v) is 4.07. The number of hydrogen-bond donors (Lipinski definition) is 1. The number of carbonyl (C=O) groups excluding carboxylic acids is 2. The summed E-state index contributed by atoms with van der Waals surface area (Å²) in [6, 6.07) is 14.6. The molecule has 4 rings (SSSR count). The average molecular weight is 412 g/mol. The molecule has 0 radical (unpaired) electrons. The summed E-state index contributed by atoms with van der Waals surface area (Å²) >= 11 is 7.34. The van der Waals surface area contributed by atoms with Crippen molar-refractivity contribution in [2.24, 2.45) is 0 Å². The number of rotatable bonds is 3. The molecule has 0 aliphatic carbocycles. The second-order valence-corrected chi connectivity index (χ2v) is 7.79. The minimum absolute atomic E-state index is 0.00804. The molecule has 28 heavy (non-hydrogen) atoms. The maximum Gasteiger partial charge on any atom is 0.301 e. The van der Waals surface area contributed by atoms with Gasteiger partial charge in [-0.3, -0.25) is 14.5 Å². The Morgan fingerprint density at radius 1 is 1.11 bits per heavy atom. The first kappa shape index (κ1) is 18.3. The number of hydrogen-bond acceptors (Lipinski definition) is 6. The SMILES string of the molecule is Cc1nnc(N2C(=O)C(=O)C(=C(O)c3ccccc3)[C@H]2c2cccc(Cl)c2)s1. The smallest absolute Gasteiger partial charge is 0.301 e. The second kappa shape index (κ2) is 7.18. The van der Waals surface area contributed by atoms with Crippen LogP contribution in [-0.4, -0.2) is 27.0 Å². The molecule has 0 saturated carbocycles. The molecule has 0 bridgehead atoms. The van der Waals surface area contributed by atoms with Crippen molar-refractivity contribution in [3.05, 3.63) is 81.3 Å². The van der Waals surface area contributed by atoms with E-state index in [0.717, 1.165) is 0 Å². The molecule has 1 saturated heterocycles. The Hall–Kier alpha value is -3.03. The fraction of sp³-hybridized carbons (Fsp3) is 0.100. The highest BCUT2D eigenvalue weighted by atomic mass is 35.5. The van der Waals surface area contributed by atoms with Crippen LogP contribution in [0.3, 0.4) is 0 Å². The molecule has 8 heteroatoms. The lowest BCUT2D eigenvalue weighted by Gasteiger charge is -2.22. The lowest BCUT2D eigenvalue weighted by molar-refractivity contribution is -0.132. The van der Waals surface area contributed by atoms with E-state index in [0.29, 0.717) is 21.2 Å². The van der Waals surface area contributed by atoms with Crippen molar-refractivity contribution < 1.29 is 14.7 Å². The highest BCUT2D eigenvalue weighted by molar-refractivity contribution is 7.15. The number of aromatic nitrogens is 2. The van der Waals surface area contributed by atoms with Crippen LogP contribution in [0.4, 0.5) is 5.13 Å². The van der Waals surface area contributed by atoms with Crippen LogP contribution in [0.25, 0.3) is 5.76 Å². The number of amides is 1. The van der Waals surface area contributed by atoms with Gasteiger partial charge >= 0.3 is 5.91 Å². The predicted octanol–water partition coefficient (Wildman–Crippen LogP) is 4.13. The van der Waals surface area contributed by atoms with Crippen LogP contribution >= 0.6 is 22.9 Å². The maximum absolute atomic E-state index is 12.9. The number of ketones is 1. The van der Waals surface area contributed by atoms with Crippen molar-refractivity contribution in [2.45, 2.75) is 13.0 Å². The predicted molar refractivity (Wildman–Crippen MR) is 107 cm³/mol. The largest absolute Gasteiger partial charge is 0.507 e. The van der Waals surface area contributed by atoms with Crippen molar-refractivity contribution in [2.75, 3.05) is 4.90 Å². The monoisotopic (exact) mass is 411 g/mol. The summed E-state index contributed by atoms with van der Waals surface area (Å²) in [5, 5.41) is 20.3. The Labute approximate surface area is 169 Å². The number of aryl methyl sites for hydroxylation is 1. The van der Waals surface area contributed by atoms with Crippen molar-refractivity contribution in [1.29, 1.82) is 0 Å². The molecule has 140 valence electrons. The van der Waals surface area contributed by atoms with Gasteiger partial charge in [-0.2, -0.15) is 0 Å². The van der Waals surface area contributed by atoms with E-state index in [1.165, 1.54) is 16.2 Å². The Kier molecular flexibility index (Phi) is 4.70. The molecule has 3 aromatic rings. The number of carbonyl (C=O) groups is 2. The number of Topliss-reactive ketones (excluding diaryl/α,β-unsaturated/α-hetero) is 1. The second-order valence-electron chi connectivity index (χ2n) is 6.19. The molecule has 0 spiro atoms. The molecule has 2 aromatic carbocycles. The summed E-state index contributed by atoms with van der Waals surface area (Å²) in [6.45, 7) is 1.76. The fourth-order valence-electron chi connectivity index (χ4n) is 3.16. The third-order valence-corrected chi connectivity index (χ3v) is 5.45. The van der Waals surface area contributed by atoms with E-state index in [4.69, 9.17) is 11.6 Å². The van der Waals surface area contributed by atoms with Gasteiger partial charge in [-0.25, -0.2) is 0 Å². The first-order valence-electron chi connectivity index (χ1n) is 8.39. The first-order valence-corrected chi connectivity index (χ1v) is 9.59. The normalized spacial score (nSPS) is 18.6. The summed E-state index contributed by atoms with van der Waals surface area (Å²) in [7, 11) is 0. The van der Waals surface area contributed by atoms with Crippen LogP contribution in [-0.2, 0) is 9.59 Å². The lowest BCUT2D eigenvalue weighted by Crippen LogP contribution is -2.29. The van der Waals surface area contributed by atoms with E-state index in [9.17, 15) is 14.7 Å². The Bertz CT molecular complexity index is 1110. The zero-order valence-corrected chi connectivity index (χ0v) is 16.2. The molecule has 0 unspecified atom stereocenters. The van der Waals surface area contributed by atoms with Crippen LogP contribution < -0.4 is 4.90 Å². The van der Waals surface area contributed by atoms with Crippen molar-refractivity contribution in [1.82, 2.24) is 10.2 Å². The van der Waals surface area contributed by atoms with Crippen LogP contribution in [0.2, 0.25) is 5.02 Å². The van der Waals surface area contributed by atoms with Gasteiger partial charge in [0.05, 0.1) is 11.6 Å². The number of nitrogens with zero attached hydrogens (tertiary/aromatic N) is 3. The van der Waals surface area contributed by atoms with Crippen LogP contribution in [0.15, 0.2) is 60.2 Å². The molecule has 1 atom stereocenters. The summed E-state index contributed by atoms with van der Waals surface area (Å²) in [6.07, 6.45) is 0. The zero-order valence-electron chi connectivity index (χ0n) is 14.7. The third-order valence-electron chi connectivity index (χ3n) is 4.38. The first-order chi connectivity index (χ1) is 13.5. The topological polar surface area (TPSA) is 83.4 Å². The standard InChI is InChI=1S/C20H14ClN3O3S/c1-11-22-23-20(28-11)24-16(13-8-5-9-14(21)10-13)15(18(26)19(24)27)17(25)12-6-3-2-4-7-12/h2-10,16,25H,1H3/t16-/m1/s1. The summed E-state index contributed by atoms with van der Waals surface area (Å²) < 4.78 is 0. The van der Waals surface area contributed by atoms with E-state index < -0.39 is 17.7 Å². The van der Waals surface area contributed by atoms with Gasteiger partial charge in [0.1, 0.15) is 10.8 Å². The van der Waals surface area contributed by atoms with Gasteiger partial charge < -0.3 is 5.11 Å². The quantitative estimate of drug-likeness (QED) is 0.398. The van der Waals surface area contributed by atoms with E-state index in [2.05, 4.69) is 10.2 Å². The molecule has 1 aliphatic rings. The number of benzene rings is 2. The lowest BCUT2D eigenvalue weighted by atomic mass is 9.95. The van der Waals surface area contributed by atoms with Gasteiger partial charge in [0.25, 0.3) is 5.78 Å². The van der Waals surface area contributed by atoms with Crippen molar-refractivity contribution in [3.63, 3.8) is 0 Å². The zero-order chi connectivity index (χ0) is 19.8. The van der Waals surface area contributed by atoms with Crippen LogP contribution in [0.5, 0.6) is 0 Å². The van der Waals surface area contributed by atoms with Crippen LogP contribution in [0.1, 0.15) is 22.2 Å². The van der Waals surface area contributed by atoms with E-state index >= 15 is 0 Å². The van der Waals surface area contributed by atoms with E-state index in [1.807, 2.05) is 0 Å². The summed E-state index contributed by atoms with van der Waals surface area (Å²) in [5.41, 5.74) is 1.03. The van der Waals surface area contributed by atoms with Crippen molar-refractivity contribution in [3.8, 4) is 0 Å². The highest BCUT2D eigenvalue weighted by Gasteiger charge is 2.48. The molecule has 2 heterocycles. The van der Waals surface area contributed by atoms with Gasteiger partial charge in [0.15, 0.2) is 0 Å². The third kappa shape index (κ3) is 3.08. The number of anilines is 1. The maximum atomic E-state index is 12.9. The molecule has 1 N–H and O–H groups in total. The summed E-state index contributed by atoms with van der Waals surface area (Å²) in [4.78, 5) is 27.0. The molecule has 1 fully saturated rings. The molecule has 1 aromatic heterocycles. The van der Waals surface area contributed by atoms with Gasteiger partial charge in [0.2, 0.25) is 5.13 Å². The van der Waals surface area contributed by atoms with E-state index in [1.54, 1.807) is 61.5 Å². The molecular weight excluding hydrogens is 398 g/mol. The average Bonchev–Trinajstić information content (AvgIpc) is 3.23. The van der Waals surface area contributed by atoms with Gasteiger partial charge in [-0.1, -0.05) is 65.4 Å². The van der Waals surface area contributed by atoms with Crippen LogP contribution in [0, 0.1) is 6.92 Å². The van der Waals surface area contributed by atoms with Gasteiger partial charge in [-0.15, -0.1) is 10.2 Å². The summed E-state index contributed by atoms with van der Waals surface area (Å²) in [5.74, 6) is -1.79. The number of aliphatic hydroxyl groups excluding tert-OH is 1. The Balaban J connectivity index is 1.96. The molecule has 1 amide bonds. The highest BCUT2D eigenvalue weighted by Crippen LogP contribution is 2.43. The molecule has 6 nitrogen and oxygen atoms in total. The number of halogens is 1. The van der Waals surface area contributed by atoms with Crippen molar-refractivity contribution >= 4 is 45.5 Å². The Morgan fingerprint density at radius 3 is 2.50 bits per heavy atom. The minimum atomic E-state index is -0.855. The number of aliphatic hydroxyl groups is 1. The molecular formula is C20H14ClN3O3S. The van der Waals surface area contributed by atoms with Gasteiger partial charge in [0, 0.05) is 10.6 Å².